The van der Waals surface area contributed by atoms with Gasteiger partial charge in [-0.15, -0.1) is 0 Å². The summed E-state index contributed by atoms with van der Waals surface area (Å²) in [5, 5.41) is 12.2. The van der Waals surface area contributed by atoms with Crippen molar-refractivity contribution in [3.8, 4) is 0 Å². The van der Waals surface area contributed by atoms with Gasteiger partial charge in [0.05, 0.1) is 5.56 Å². The van der Waals surface area contributed by atoms with E-state index in [1.807, 2.05) is 11.8 Å². The van der Waals surface area contributed by atoms with Crippen LogP contribution in [0.5, 0.6) is 0 Å². The number of carboxylic acids is 1. The summed E-state index contributed by atoms with van der Waals surface area (Å²) in [6.45, 7) is 4.04. The number of pyridine rings is 1. The van der Waals surface area contributed by atoms with Gasteiger partial charge in [0.25, 0.3) is 5.56 Å². The Balaban J connectivity index is 1.60. The third-order valence-corrected chi connectivity index (χ3v) is 4.39. The standard InChI is InChI=1S/C17H21N5O3/c1-2-21-10-7-18-15(16(21)23)22-8-5-13(6-9-22)20-14-4-3-12(11-19-14)17(24)25/h3-4,7,10-11,13H,2,5-6,8-9H2,1H3,(H,19,20)(H,24,25). The van der Waals surface area contributed by atoms with Crippen molar-refractivity contribution in [1.29, 1.82) is 0 Å². The van der Waals surface area contributed by atoms with Crippen LogP contribution in [0.15, 0.2) is 35.5 Å². The molecule has 132 valence electrons. The van der Waals surface area contributed by atoms with Crippen molar-refractivity contribution in [3.63, 3.8) is 0 Å². The number of aryl methyl sites for hydroxylation is 1. The largest absolute Gasteiger partial charge is 0.478 e. The van der Waals surface area contributed by atoms with Crippen LogP contribution in [0, 0.1) is 0 Å². The Labute approximate surface area is 145 Å². The molecule has 1 saturated heterocycles. The number of aromatic carboxylic acids is 1. The van der Waals surface area contributed by atoms with Gasteiger partial charge in [0.15, 0.2) is 5.82 Å². The number of carboxylic acid groups (broad SMARTS) is 1. The van der Waals surface area contributed by atoms with Crippen molar-refractivity contribution in [2.45, 2.75) is 32.4 Å². The zero-order valence-electron chi connectivity index (χ0n) is 14.1. The molecule has 0 amide bonds. The van der Waals surface area contributed by atoms with Crippen LogP contribution in [0.2, 0.25) is 0 Å². The van der Waals surface area contributed by atoms with E-state index in [-0.39, 0.29) is 17.2 Å². The minimum absolute atomic E-state index is 0.0534. The Hall–Kier alpha value is -2.90. The number of nitrogens with one attached hydrogen (secondary N) is 1. The van der Waals surface area contributed by atoms with Gasteiger partial charge in [0.1, 0.15) is 5.82 Å². The van der Waals surface area contributed by atoms with E-state index in [0.717, 1.165) is 25.9 Å². The molecule has 1 fully saturated rings. The van der Waals surface area contributed by atoms with Crippen molar-refractivity contribution in [2.24, 2.45) is 0 Å². The highest BCUT2D eigenvalue weighted by molar-refractivity contribution is 5.87. The summed E-state index contributed by atoms with van der Waals surface area (Å²) < 4.78 is 1.65. The summed E-state index contributed by atoms with van der Waals surface area (Å²) in [4.78, 5) is 33.6. The van der Waals surface area contributed by atoms with Crippen molar-refractivity contribution in [2.75, 3.05) is 23.3 Å². The van der Waals surface area contributed by atoms with Gasteiger partial charge in [-0.3, -0.25) is 4.79 Å². The normalized spacial score (nSPS) is 15.2. The van der Waals surface area contributed by atoms with E-state index in [1.165, 1.54) is 12.3 Å². The highest BCUT2D eigenvalue weighted by Crippen LogP contribution is 2.18. The molecule has 0 unspecified atom stereocenters. The zero-order valence-corrected chi connectivity index (χ0v) is 14.1. The van der Waals surface area contributed by atoms with Crippen LogP contribution >= 0.6 is 0 Å². The van der Waals surface area contributed by atoms with Crippen LogP contribution in [0.3, 0.4) is 0 Å². The van der Waals surface area contributed by atoms with E-state index in [0.29, 0.717) is 18.2 Å². The van der Waals surface area contributed by atoms with Crippen LogP contribution in [-0.2, 0) is 6.54 Å². The number of anilines is 2. The summed E-state index contributed by atoms with van der Waals surface area (Å²) in [7, 11) is 0. The monoisotopic (exact) mass is 343 g/mol. The van der Waals surface area contributed by atoms with E-state index in [4.69, 9.17) is 5.11 Å². The fraction of sp³-hybridized carbons (Fsp3) is 0.412. The second kappa shape index (κ2) is 7.33. The van der Waals surface area contributed by atoms with E-state index >= 15 is 0 Å². The maximum absolute atomic E-state index is 12.3. The second-order valence-electron chi connectivity index (χ2n) is 5.98. The summed E-state index contributed by atoms with van der Waals surface area (Å²) in [6, 6.07) is 3.44. The van der Waals surface area contributed by atoms with Crippen molar-refractivity contribution in [1.82, 2.24) is 14.5 Å². The number of nitrogens with zero attached hydrogens (tertiary/aromatic N) is 4. The zero-order chi connectivity index (χ0) is 17.8. The molecule has 25 heavy (non-hydrogen) atoms. The smallest absolute Gasteiger partial charge is 0.337 e. The average molecular weight is 343 g/mol. The van der Waals surface area contributed by atoms with E-state index in [1.54, 1.807) is 23.0 Å². The van der Waals surface area contributed by atoms with Gasteiger partial charge >= 0.3 is 5.97 Å². The number of piperidine rings is 1. The van der Waals surface area contributed by atoms with Gasteiger partial charge in [-0.25, -0.2) is 14.8 Å². The Bertz CT molecular complexity index is 795. The number of aromatic nitrogens is 3. The van der Waals surface area contributed by atoms with Crippen molar-refractivity contribution < 1.29 is 9.90 Å². The minimum Gasteiger partial charge on any atom is -0.478 e. The highest BCUT2D eigenvalue weighted by atomic mass is 16.4. The fourth-order valence-electron chi connectivity index (χ4n) is 2.95. The van der Waals surface area contributed by atoms with E-state index in [9.17, 15) is 9.59 Å². The molecule has 2 aromatic heterocycles. The molecule has 2 aromatic rings. The lowest BCUT2D eigenvalue weighted by Gasteiger charge is -2.33. The third-order valence-electron chi connectivity index (χ3n) is 4.39. The summed E-state index contributed by atoms with van der Waals surface area (Å²) >= 11 is 0. The van der Waals surface area contributed by atoms with Gasteiger partial charge in [-0.1, -0.05) is 0 Å². The molecule has 0 spiro atoms. The SMILES string of the molecule is CCn1ccnc(N2CCC(Nc3ccc(C(=O)O)cn3)CC2)c1=O. The molecule has 0 bridgehead atoms. The minimum atomic E-state index is -0.986. The first-order valence-corrected chi connectivity index (χ1v) is 8.34. The second-order valence-corrected chi connectivity index (χ2v) is 5.98. The van der Waals surface area contributed by atoms with Crippen LogP contribution in [0.25, 0.3) is 0 Å². The molecule has 0 atom stereocenters. The van der Waals surface area contributed by atoms with Gasteiger partial charge in [-0.2, -0.15) is 0 Å². The molecule has 3 heterocycles. The molecule has 0 aliphatic carbocycles. The molecule has 8 nitrogen and oxygen atoms in total. The first-order chi connectivity index (χ1) is 12.1. The van der Waals surface area contributed by atoms with Gasteiger partial charge in [0, 0.05) is 44.3 Å². The fourth-order valence-corrected chi connectivity index (χ4v) is 2.95. The lowest BCUT2D eigenvalue weighted by molar-refractivity contribution is 0.0696. The maximum atomic E-state index is 12.3. The molecule has 1 aliphatic rings. The summed E-state index contributed by atoms with van der Waals surface area (Å²) in [5.74, 6) is 0.182. The molecule has 1 aliphatic heterocycles. The van der Waals surface area contributed by atoms with E-state index in [2.05, 4.69) is 15.3 Å². The first-order valence-electron chi connectivity index (χ1n) is 8.34. The van der Waals surface area contributed by atoms with Crippen molar-refractivity contribution >= 4 is 17.6 Å². The number of hydrogen-bond acceptors (Lipinski definition) is 6. The predicted molar refractivity (Wildman–Crippen MR) is 94.2 cm³/mol. The molecule has 0 saturated carbocycles. The quantitative estimate of drug-likeness (QED) is 0.847. The van der Waals surface area contributed by atoms with Crippen LogP contribution in [0.1, 0.15) is 30.1 Å². The van der Waals surface area contributed by atoms with Crippen LogP contribution in [-0.4, -0.2) is 44.7 Å². The molecule has 0 aromatic carbocycles. The highest BCUT2D eigenvalue weighted by Gasteiger charge is 2.22. The number of carbonyl (C=O) groups is 1. The first kappa shape index (κ1) is 16.9. The molecule has 0 radical (unpaired) electrons. The Morgan fingerprint density at radius 3 is 2.68 bits per heavy atom. The topological polar surface area (TPSA) is 100 Å². The summed E-state index contributed by atoms with van der Waals surface area (Å²) in [6.07, 6.45) is 6.42. The van der Waals surface area contributed by atoms with Gasteiger partial charge in [0.2, 0.25) is 0 Å². The third kappa shape index (κ3) is 3.78. The number of hydrogen-bond donors (Lipinski definition) is 2. The number of rotatable bonds is 5. The maximum Gasteiger partial charge on any atom is 0.337 e. The van der Waals surface area contributed by atoms with Gasteiger partial charge < -0.3 is 19.9 Å². The average Bonchev–Trinajstić information content (AvgIpc) is 2.63. The Kier molecular flexibility index (Phi) is 4.97. The lowest BCUT2D eigenvalue weighted by atomic mass is 10.1. The summed E-state index contributed by atoms with van der Waals surface area (Å²) in [5.41, 5.74) is 0.116. The van der Waals surface area contributed by atoms with Crippen LogP contribution < -0.4 is 15.8 Å². The van der Waals surface area contributed by atoms with Crippen LogP contribution in [0.4, 0.5) is 11.6 Å². The molecular formula is C17H21N5O3. The molecule has 3 rings (SSSR count). The molecular weight excluding hydrogens is 322 g/mol. The molecule has 2 N–H and O–H groups in total. The molecule has 8 heteroatoms. The predicted octanol–water partition coefficient (Wildman–Crippen LogP) is 1.44. The Morgan fingerprint density at radius 2 is 2.08 bits per heavy atom. The lowest BCUT2D eigenvalue weighted by Crippen LogP contribution is -2.42. The van der Waals surface area contributed by atoms with E-state index < -0.39 is 5.97 Å². The van der Waals surface area contributed by atoms with Crippen molar-refractivity contribution in [3.05, 3.63) is 46.6 Å². The Morgan fingerprint density at radius 1 is 1.32 bits per heavy atom. The van der Waals surface area contributed by atoms with Gasteiger partial charge in [-0.05, 0) is 31.9 Å².